The zero-order valence-electron chi connectivity index (χ0n) is 23.5. The molecule has 0 aliphatic heterocycles. The lowest BCUT2D eigenvalue weighted by molar-refractivity contribution is 0.256. The lowest BCUT2D eigenvalue weighted by atomic mass is 9.99. The Hall–Kier alpha value is -3.66. The summed E-state index contributed by atoms with van der Waals surface area (Å²) in [5.74, 6) is 0.903. The Morgan fingerprint density at radius 2 is 1.19 bits per heavy atom. The van der Waals surface area contributed by atoms with E-state index in [0.717, 1.165) is 81.1 Å². The number of urea groups is 1. The second kappa shape index (κ2) is 13.1. The molecule has 4 aliphatic rings. The van der Waals surface area contributed by atoms with Gasteiger partial charge in [0.15, 0.2) is 0 Å². The van der Waals surface area contributed by atoms with Crippen LogP contribution in [0.4, 0.5) is 10.5 Å². The van der Waals surface area contributed by atoms with Crippen molar-refractivity contribution < 1.29 is 26.4 Å². The number of primary sulfonamides is 1. The number of ether oxygens (including phenoxy) is 1. The number of benzene rings is 2. The maximum Gasteiger partial charge on any atom is 0.333 e. The van der Waals surface area contributed by atoms with E-state index in [0.29, 0.717) is 5.41 Å². The van der Waals surface area contributed by atoms with E-state index < -0.39 is 26.1 Å². The molecule has 4 aliphatic carbocycles. The van der Waals surface area contributed by atoms with Gasteiger partial charge in [0.25, 0.3) is 16.3 Å². The van der Waals surface area contributed by atoms with E-state index in [1.54, 1.807) is 0 Å². The highest BCUT2D eigenvalue weighted by Crippen LogP contribution is 2.40. The van der Waals surface area contributed by atoms with Crippen molar-refractivity contribution in [1.82, 2.24) is 4.72 Å². The summed E-state index contributed by atoms with van der Waals surface area (Å²) >= 11 is 0. The number of nitriles is 1. The highest BCUT2D eigenvalue weighted by atomic mass is 32.2. The minimum absolute atomic E-state index is 0.688. The van der Waals surface area contributed by atoms with Gasteiger partial charge in [-0.1, -0.05) is 25.3 Å². The number of carbonyl (C=O) groups is 1. The number of rotatable bonds is 5. The van der Waals surface area contributed by atoms with Gasteiger partial charge in [0.1, 0.15) is 5.75 Å². The number of nitrogens with two attached hydrogens (primary N) is 1. The van der Waals surface area contributed by atoms with Gasteiger partial charge in [0, 0.05) is 16.5 Å². The SMILES string of the molecule is C=CS(=O)(=O)NC(=O)Nc1c2c(cc3c1CCC3)CCC2.C=CS(N)(=O)=O.N#COc1c2c(cc3c1CCC3)CCC2. The van der Waals surface area contributed by atoms with Crippen LogP contribution in [0.15, 0.2) is 36.1 Å². The van der Waals surface area contributed by atoms with Gasteiger partial charge in [-0.15, -0.1) is 5.26 Å². The molecule has 0 heterocycles. The molecule has 224 valence electrons. The van der Waals surface area contributed by atoms with E-state index in [4.69, 9.17) is 10.00 Å². The lowest BCUT2D eigenvalue weighted by Crippen LogP contribution is -2.33. The summed E-state index contributed by atoms with van der Waals surface area (Å²) in [6.07, 6.45) is 14.8. The highest BCUT2D eigenvalue weighted by Gasteiger charge is 2.26. The third kappa shape index (κ3) is 7.40. The monoisotopic (exact) mass is 612 g/mol. The molecule has 6 rings (SSSR count). The predicted molar refractivity (Wildman–Crippen MR) is 162 cm³/mol. The first kappa shape index (κ1) is 31.3. The minimum Gasteiger partial charge on any atom is -0.387 e. The van der Waals surface area contributed by atoms with Crippen molar-refractivity contribution in [3.8, 4) is 12.0 Å². The normalized spacial score (nSPS) is 15.7. The maximum atomic E-state index is 11.9. The quantitative estimate of drug-likeness (QED) is 0.425. The molecule has 12 heteroatoms. The fourth-order valence-electron chi connectivity index (χ4n) is 6.21. The molecule has 0 fully saturated rings. The number of sulfonamides is 2. The Morgan fingerprint density at radius 3 is 1.57 bits per heavy atom. The summed E-state index contributed by atoms with van der Waals surface area (Å²) in [7, 11) is -7.16. The van der Waals surface area contributed by atoms with Gasteiger partial charge in [-0.05, 0) is 122 Å². The average molecular weight is 613 g/mol. The first-order chi connectivity index (χ1) is 20.0. The molecule has 0 saturated carbocycles. The second-order valence-electron chi connectivity index (χ2n) is 10.6. The molecular formula is C30H36N4O6S2. The fraction of sp³-hybridized carbons (Fsp3) is 0.400. The summed E-state index contributed by atoms with van der Waals surface area (Å²) in [5, 5.41) is 17.3. The van der Waals surface area contributed by atoms with Gasteiger partial charge < -0.3 is 10.1 Å². The highest BCUT2D eigenvalue weighted by molar-refractivity contribution is 7.93. The number of carbonyl (C=O) groups excluding carboxylic acids is 1. The average Bonchev–Trinajstić information content (AvgIpc) is 3.75. The van der Waals surface area contributed by atoms with Gasteiger partial charge in [0.2, 0.25) is 10.0 Å². The smallest absolute Gasteiger partial charge is 0.333 e. The standard InChI is InChI=1S/C15H18N2O3S.C13H13NO.C2H5NO2S/c1-2-21(19,20)17-15(18)16-14-12-7-3-5-10(12)9-11-6-4-8-13(11)14;14-8-15-13-11-5-1-3-9(11)7-10-4-2-6-12(10)13;1-2-6(3,4)5/h2,9H,1,3-8H2,(H2,16,17,18);7H,1-6H2;2H,1H2,(H2,3,4,5). The Kier molecular flexibility index (Phi) is 9.76. The van der Waals surface area contributed by atoms with Crippen molar-refractivity contribution in [3.05, 3.63) is 80.6 Å². The number of nitrogens with one attached hydrogen (secondary N) is 2. The molecule has 0 spiro atoms. The Balaban J connectivity index is 0.000000168. The fourth-order valence-corrected chi connectivity index (χ4v) is 6.60. The zero-order chi connectivity index (χ0) is 30.5. The van der Waals surface area contributed by atoms with Crippen LogP contribution in [0, 0.1) is 11.5 Å². The van der Waals surface area contributed by atoms with E-state index in [-0.39, 0.29) is 0 Å². The third-order valence-electron chi connectivity index (χ3n) is 7.96. The molecule has 2 amide bonds. The minimum atomic E-state index is -3.77. The van der Waals surface area contributed by atoms with Crippen LogP contribution in [0.1, 0.15) is 70.2 Å². The molecule has 10 nitrogen and oxygen atoms in total. The van der Waals surface area contributed by atoms with Crippen LogP contribution in [0.5, 0.6) is 5.75 Å². The largest absolute Gasteiger partial charge is 0.387 e. The zero-order valence-corrected chi connectivity index (χ0v) is 25.1. The van der Waals surface area contributed by atoms with Crippen molar-refractivity contribution in [2.24, 2.45) is 5.14 Å². The van der Waals surface area contributed by atoms with Crippen molar-refractivity contribution in [3.63, 3.8) is 0 Å². The molecule has 0 aromatic heterocycles. The number of nitrogens with zero attached hydrogens (tertiary/aromatic N) is 1. The van der Waals surface area contributed by atoms with Crippen LogP contribution in [0.25, 0.3) is 0 Å². The van der Waals surface area contributed by atoms with Gasteiger partial charge in [-0.2, -0.15) is 0 Å². The molecule has 0 radical (unpaired) electrons. The topological polar surface area (TPSA) is 168 Å². The Morgan fingerprint density at radius 1 is 0.786 bits per heavy atom. The van der Waals surface area contributed by atoms with Crippen LogP contribution in [-0.4, -0.2) is 22.9 Å². The van der Waals surface area contributed by atoms with Gasteiger partial charge in [-0.25, -0.2) is 31.5 Å². The van der Waals surface area contributed by atoms with Crippen LogP contribution in [0.2, 0.25) is 0 Å². The number of anilines is 1. The van der Waals surface area contributed by atoms with Crippen molar-refractivity contribution >= 4 is 31.8 Å². The first-order valence-electron chi connectivity index (χ1n) is 14.0. The van der Waals surface area contributed by atoms with Crippen LogP contribution in [-0.2, 0) is 71.4 Å². The number of aryl methyl sites for hydroxylation is 4. The second-order valence-corrected chi connectivity index (χ2v) is 13.8. The molecule has 0 unspecified atom stereocenters. The molecule has 0 saturated heterocycles. The van der Waals surface area contributed by atoms with Gasteiger partial charge in [-0.3, -0.25) is 0 Å². The summed E-state index contributed by atoms with van der Waals surface area (Å²) in [6.45, 7) is 6.10. The Labute approximate surface area is 247 Å². The molecule has 2 aromatic carbocycles. The van der Waals surface area contributed by atoms with E-state index >= 15 is 0 Å². The number of fused-ring (bicyclic) bond motifs is 4. The molecule has 4 N–H and O–H groups in total. The van der Waals surface area contributed by atoms with Gasteiger partial charge >= 0.3 is 6.03 Å². The lowest BCUT2D eigenvalue weighted by Gasteiger charge is -2.16. The number of hydrogen-bond acceptors (Lipinski definition) is 7. The van der Waals surface area contributed by atoms with Crippen LogP contribution < -0.4 is 19.9 Å². The van der Waals surface area contributed by atoms with E-state index in [1.807, 2.05) is 11.0 Å². The van der Waals surface area contributed by atoms with E-state index in [9.17, 15) is 21.6 Å². The molecule has 42 heavy (non-hydrogen) atoms. The third-order valence-corrected chi connectivity index (χ3v) is 9.34. The van der Waals surface area contributed by atoms with Crippen LogP contribution in [0.3, 0.4) is 0 Å². The molecular weight excluding hydrogens is 576 g/mol. The number of amides is 2. The van der Waals surface area contributed by atoms with Crippen molar-refractivity contribution in [1.29, 1.82) is 5.26 Å². The maximum absolute atomic E-state index is 11.9. The summed E-state index contributed by atoms with van der Waals surface area (Å²) < 4.78 is 49.2. The van der Waals surface area contributed by atoms with Crippen molar-refractivity contribution in [2.75, 3.05) is 5.32 Å². The summed E-state index contributed by atoms with van der Waals surface area (Å²) in [5.41, 5.74) is 11.2. The molecule has 0 atom stereocenters. The molecule has 2 aromatic rings. The number of hydrogen-bond donors (Lipinski definition) is 3. The summed E-state index contributed by atoms with van der Waals surface area (Å²) in [4.78, 5) is 11.9. The first-order valence-corrected chi connectivity index (χ1v) is 17.1. The van der Waals surface area contributed by atoms with Crippen molar-refractivity contribution in [2.45, 2.75) is 77.0 Å². The van der Waals surface area contributed by atoms with Crippen LogP contribution >= 0.6 is 0 Å². The molecule has 0 bridgehead atoms. The van der Waals surface area contributed by atoms with E-state index in [2.05, 4.69) is 35.7 Å². The Bertz CT molecular complexity index is 1600. The van der Waals surface area contributed by atoms with Gasteiger partial charge in [0.05, 0.1) is 0 Å². The summed E-state index contributed by atoms with van der Waals surface area (Å²) in [6, 6.07) is 3.88. The van der Waals surface area contributed by atoms with E-state index in [1.165, 1.54) is 57.3 Å². The predicted octanol–water partition coefficient (Wildman–Crippen LogP) is 4.20.